The topological polar surface area (TPSA) is 77.7 Å². The lowest BCUT2D eigenvalue weighted by molar-refractivity contribution is -0.141. The molecule has 2 heterocycles. The standard InChI is InChI=1S/C15H25N3O3S/c1-4-20-10(2)14-17-11(9-22-14)8-18(3)15(19)13-6-5-12(7-16)21-13/h9-10,12-13H,4-8,16H2,1-3H3/t10?,12-,13+/m1/s1. The van der Waals surface area contributed by atoms with Gasteiger partial charge in [-0.3, -0.25) is 4.79 Å². The second-order valence-corrected chi connectivity index (χ2v) is 6.42. The Morgan fingerprint density at radius 2 is 2.41 bits per heavy atom. The van der Waals surface area contributed by atoms with Crippen molar-refractivity contribution in [2.75, 3.05) is 20.2 Å². The number of thiazole rings is 1. The second-order valence-electron chi connectivity index (χ2n) is 5.53. The molecule has 1 aromatic heterocycles. The van der Waals surface area contributed by atoms with E-state index in [1.807, 2.05) is 19.2 Å². The summed E-state index contributed by atoms with van der Waals surface area (Å²) in [4.78, 5) is 18.6. The van der Waals surface area contributed by atoms with E-state index < -0.39 is 0 Å². The lowest BCUT2D eigenvalue weighted by atomic mass is 10.2. The van der Waals surface area contributed by atoms with Crippen molar-refractivity contribution in [2.24, 2.45) is 5.73 Å². The van der Waals surface area contributed by atoms with Crippen LogP contribution in [-0.2, 0) is 20.8 Å². The third kappa shape index (κ3) is 4.25. The molecule has 7 heteroatoms. The van der Waals surface area contributed by atoms with E-state index in [2.05, 4.69) is 4.98 Å². The molecule has 0 aromatic carbocycles. The number of aromatic nitrogens is 1. The van der Waals surface area contributed by atoms with Crippen molar-refractivity contribution in [3.8, 4) is 0 Å². The minimum Gasteiger partial charge on any atom is -0.372 e. The van der Waals surface area contributed by atoms with Gasteiger partial charge in [-0.15, -0.1) is 11.3 Å². The first-order chi connectivity index (χ1) is 10.5. The Morgan fingerprint density at radius 1 is 1.64 bits per heavy atom. The van der Waals surface area contributed by atoms with Crippen LogP contribution in [0.25, 0.3) is 0 Å². The quantitative estimate of drug-likeness (QED) is 0.825. The number of hydrogen-bond donors (Lipinski definition) is 1. The van der Waals surface area contributed by atoms with Crippen molar-refractivity contribution in [3.05, 3.63) is 16.1 Å². The fourth-order valence-electron chi connectivity index (χ4n) is 2.53. The summed E-state index contributed by atoms with van der Waals surface area (Å²) < 4.78 is 11.2. The first-order valence-corrected chi connectivity index (χ1v) is 8.59. The van der Waals surface area contributed by atoms with Crippen LogP contribution in [-0.4, -0.2) is 48.2 Å². The Morgan fingerprint density at radius 3 is 3.05 bits per heavy atom. The summed E-state index contributed by atoms with van der Waals surface area (Å²) in [7, 11) is 1.78. The van der Waals surface area contributed by atoms with Crippen molar-refractivity contribution in [3.63, 3.8) is 0 Å². The maximum absolute atomic E-state index is 12.4. The summed E-state index contributed by atoms with van der Waals surface area (Å²) in [6.07, 6.45) is 1.25. The monoisotopic (exact) mass is 327 g/mol. The van der Waals surface area contributed by atoms with Crippen LogP contribution >= 0.6 is 11.3 Å². The Hall–Kier alpha value is -1.02. The van der Waals surface area contributed by atoms with Crippen LogP contribution in [0, 0.1) is 0 Å². The third-order valence-electron chi connectivity index (χ3n) is 3.76. The minimum absolute atomic E-state index is 0.00311. The van der Waals surface area contributed by atoms with Crippen LogP contribution in [0.2, 0.25) is 0 Å². The summed E-state index contributed by atoms with van der Waals surface area (Å²) in [5.74, 6) is 0.00311. The van der Waals surface area contributed by atoms with E-state index in [0.29, 0.717) is 19.7 Å². The number of nitrogens with two attached hydrogens (primary N) is 1. The fraction of sp³-hybridized carbons (Fsp3) is 0.733. The molecule has 1 aromatic rings. The summed E-state index contributed by atoms with van der Waals surface area (Å²) >= 11 is 1.57. The van der Waals surface area contributed by atoms with Crippen LogP contribution in [0.15, 0.2) is 5.38 Å². The second kappa shape index (κ2) is 8.01. The van der Waals surface area contributed by atoms with E-state index in [9.17, 15) is 4.79 Å². The zero-order valence-corrected chi connectivity index (χ0v) is 14.3. The number of likely N-dealkylation sites (N-methyl/N-ethyl adjacent to an activating group) is 1. The van der Waals surface area contributed by atoms with Crippen LogP contribution in [0.1, 0.15) is 43.5 Å². The minimum atomic E-state index is -0.362. The number of amides is 1. The van der Waals surface area contributed by atoms with Crippen molar-refractivity contribution < 1.29 is 14.3 Å². The highest BCUT2D eigenvalue weighted by Crippen LogP contribution is 2.23. The van der Waals surface area contributed by atoms with Crippen LogP contribution in [0.3, 0.4) is 0 Å². The van der Waals surface area contributed by atoms with Gasteiger partial charge in [0.05, 0.1) is 18.3 Å². The van der Waals surface area contributed by atoms with E-state index in [-0.39, 0.29) is 24.2 Å². The van der Waals surface area contributed by atoms with Crippen molar-refractivity contribution in [2.45, 2.75) is 51.5 Å². The van der Waals surface area contributed by atoms with Gasteiger partial charge in [0, 0.05) is 25.6 Å². The normalized spacial score (nSPS) is 22.7. The molecule has 1 aliphatic heterocycles. The molecule has 3 atom stereocenters. The Labute approximate surface area is 135 Å². The van der Waals surface area contributed by atoms with Gasteiger partial charge in [-0.1, -0.05) is 0 Å². The molecule has 1 fully saturated rings. The van der Waals surface area contributed by atoms with Crippen molar-refractivity contribution in [1.82, 2.24) is 9.88 Å². The van der Waals surface area contributed by atoms with Gasteiger partial charge in [-0.05, 0) is 26.7 Å². The molecule has 1 saturated heterocycles. The Bertz CT molecular complexity index is 494. The first kappa shape index (κ1) is 17.3. The Kier molecular flexibility index (Phi) is 6.31. The molecule has 0 radical (unpaired) electrons. The van der Waals surface area contributed by atoms with Crippen LogP contribution < -0.4 is 5.73 Å². The van der Waals surface area contributed by atoms with E-state index in [1.54, 1.807) is 23.3 Å². The molecule has 22 heavy (non-hydrogen) atoms. The van der Waals surface area contributed by atoms with Crippen LogP contribution in [0.4, 0.5) is 0 Å². The fourth-order valence-corrected chi connectivity index (χ4v) is 3.34. The van der Waals surface area contributed by atoms with Gasteiger partial charge in [0.15, 0.2) is 0 Å². The molecule has 0 saturated carbocycles. The highest BCUT2D eigenvalue weighted by atomic mass is 32.1. The zero-order chi connectivity index (χ0) is 16.1. The largest absolute Gasteiger partial charge is 0.372 e. The molecule has 6 nitrogen and oxygen atoms in total. The van der Waals surface area contributed by atoms with E-state index in [4.69, 9.17) is 15.2 Å². The SMILES string of the molecule is CCOC(C)c1nc(CN(C)C(=O)[C@@H]2CC[C@H](CN)O2)cs1. The maximum atomic E-state index is 12.4. The van der Waals surface area contributed by atoms with Crippen molar-refractivity contribution >= 4 is 17.2 Å². The average Bonchev–Trinajstić information content (AvgIpc) is 3.15. The first-order valence-electron chi connectivity index (χ1n) is 7.71. The smallest absolute Gasteiger partial charge is 0.251 e. The van der Waals surface area contributed by atoms with Gasteiger partial charge in [0.2, 0.25) is 0 Å². The third-order valence-corrected chi connectivity index (χ3v) is 4.81. The molecular weight excluding hydrogens is 302 g/mol. The van der Waals surface area contributed by atoms with Gasteiger partial charge in [-0.2, -0.15) is 0 Å². The molecule has 124 valence electrons. The van der Waals surface area contributed by atoms with Gasteiger partial charge in [0.1, 0.15) is 17.2 Å². The summed E-state index contributed by atoms with van der Waals surface area (Å²) in [5.41, 5.74) is 6.47. The summed E-state index contributed by atoms with van der Waals surface area (Å²) in [6.45, 7) is 5.57. The molecule has 2 N–H and O–H groups in total. The maximum Gasteiger partial charge on any atom is 0.251 e. The highest BCUT2D eigenvalue weighted by Gasteiger charge is 2.31. The van der Waals surface area contributed by atoms with Gasteiger partial charge >= 0.3 is 0 Å². The number of carbonyl (C=O) groups excluding carboxylic acids is 1. The average molecular weight is 327 g/mol. The number of nitrogens with zero attached hydrogens (tertiary/aromatic N) is 2. The van der Waals surface area contributed by atoms with E-state index >= 15 is 0 Å². The molecule has 0 spiro atoms. The molecule has 2 rings (SSSR count). The van der Waals surface area contributed by atoms with Gasteiger partial charge < -0.3 is 20.1 Å². The van der Waals surface area contributed by atoms with E-state index in [0.717, 1.165) is 23.5 Å². The molecule has 1 aliphatic rings. The van der Waals surface area contributed by atoms with E-state index in [1.165, 1.54) is 0 Å². The number of carbonyl (C=O) groups is 1. The predicted molar refractivity (Wildman–Crippen MR) is 85.6 cm³/mol. The number of rotatable bonds is 7. The summed E-state index contributed by atoms with van der Waals surface area (Å²) in [5, 5.41) is 2.92. The highest BCUT2D eigenvalue weighted by molar-refractivity contribution is 7.09. The van der Waals surface area contributed by atoms with Gasteiger partial charge in [-0.25, -0.2) is 4.98 Å². The molecule has 1 unspecified atom stereocenters. The van der Waals surface area contributed by atoms with Crippen LogP contribution in [0.5, 0.6) is 0 Å². The van der Waals surface area contributed by atoms with Gasteiger partial charge in [0.25, 0.3) is 5.91 Å². The predicted octanol–water partition coefficient (Wildman–Crippen LogP) is 1.71. The lowest BCUT2D eigenvalue weighted by Gasteiger charge is -2.20. The molecular formula is C15H25N3O3S. The zero-order valence-electron chi connectivity index (χ0n) is 13.4. The number of hydrogen-bond acceptors (Lipinski definition) is 6. The molecule has 1 amide bonds. The Balaban J connectivity index is 1.89. The number of ether oxygens (including phenoxy) is 2. The molecule has 0 aliphatic carbocycles. The molecule has 0 bridgehead atoms. The summed E-state index contributed by atoms with van der Waals surface area (Å²) in [6, 6.07) is 0. The lowest BCUT2D eigenvalue weighted by Crippen LogP contribution is -2.36. The van der Waals surface area contributed by atoms with Crippen molar-refractivity contribution in [1.29, 1.82) is 0 Å².